The zero-order valence-electron chi connectivity index (χ0n) is 14.7. The van der Waals surface area contributed by atoms with Crippen molar-refractivity contribution in [3.63, 3.8) is 0 Å². The van der Waals surface area contributed by atoms with Crippen molar-refractivity contribution in [2.45, 2.75) is 33.2 Å². The highest BCUT2D eigenvalue weighted by molar-refractivity contribution is 5.93. The molecule has 2 aromatic carbocycles. The van der Waals surface area contributed by atoms with Gasteiger partial charge in [0.25, 0.3) is 0 Å². The van der Waals surface area contributed by atoms with Crippen LogP contribution in [-0.4, -0.2) is 16.7 Å². The summed E-state index contributed by atoms with van der Waals surface area (Å²) in [5.74, 6) is -0.176. The average molecular weight is 334 g/mol. The first-order chi connectivity index (χ1) is 12.0. The Bertz CT molecular complexity index is 855. The summed E-state index contributed by atoms with van der Waals surface area (Å²) in [4.78, 5) is 26.3. The molecule has 0 aromatic heterocycles. The molecule has 2 aromatic rings. The van der Waals surface area contributed by atoms with Gasteiger partial charge in [-0.15, -0.1) is 0 Å². The molecule has 0 saturated carbocycles. The molecule has 0 aliphatic carbocycles. The molecule has 1 N–H and O–H groups in total. The lowest BCUT2D eigenvalue weighted by molar-refractivity contribution is -0.129. The van der Waals surface area contributed by atoms with Crippen LogP contribution >= 0.6 is 0 Å². The van der Waals surface area contributed by atoms with E-state index >= 15 is 0 Å². The SMILES string of the molecule is CC(=O)N1C=Cc2ccccc2[C@@H]1CC(=O)Nc1cccc(C)c1C. The lowest BCUT2D eigenvalue weighted by atomic mass is 9.93. The van der Waals surface area contributed by atoms with E-state index in [2.05, 4.69) is 5.32 Å². The van der Waals surface area contributed by atoms with Crippen molar-refractivity contribution in [2.24, 2.45) is 0 Å². The summed E-state index contributed by atoms with van der Waals surface area (Å²) in [6.07, 6.45) is 3.89. The van der Waals surface area contributed by atoms with Crippen molar-refractivity contribution in [1.82, 2.24) is 4.90 Å². The molecular formula is C21H22N2O2. The Morgan fingerprint density at radius 2 is 1.84 bits per heavy atom. The number of anilines is 1. The predicted molar refractivity (Wildman–Crippen MR) is 99.9 cm³/mol. The fraction of sp³-hybridized carbons (Fsp3) is 0.238. The van der Waals surface area contributed by atoms with Gasteiger partial charge in [-0.1, -0.05) is 36.4 Å². The molecule has 1 aliphatic rings. The predicted octanol–water partition coefficient (Wildman–Crippen LogP) is 4.21. The molecule has 3 rings (SSSR count). The molecule has 128 valence electrons. The Hall–Kier alpha value is -2.88. The number of carbonyl (C=O) groups excluding carboxylic acids is 2. The number of hydrogen-bond acceptors (Lipinski definition) is 2. The van der Waals surface area contributed by atoms with Crippen LogP contribution in [0.25, 0.3) is 6.08 Å². The molecule has 4 heteroatoms. The molecule has 4 nitrogen and oxygen atoms in total. The lowest BCUT2D eigenvalue weighted by Gasteiger charge is -2.32. The molecule has 0 unspecified atom stereocenters. The van der Waals surface area contributed by atoms with Gasteiger partial charge in [0, 0.05) is 18.8 Å². The van der Waals surface area contributed by atoms with E-state index in [0.29, 0.717) is 0 Å². The molecule has 0 saturated heterocycles. The molecule has 1 atom stereocenters. The van der Waals surface area contributed by atoms with E-state index in [1.165, 1.54) is 6.92 Å². The normalized spacial score (nSPS) is 15.6. The van der Waals surface area contributed by atoms with E-state index in [9.17, 15) is 9.59 Å². The van der Waals surface area contributed by atoms with Gasteiger partial charge < -0.3 is 10.2 Å². The van der Waals surface area contributed by atoms with E-state index in [1.54, 1.807) is 11.1 Å². The maximum Gasteiger partial charge on any atom is 0.226 e. The average Bonchev–Trinajstić information content (AvgIpc) is 2.59. The number of benzene rings is 2. The van der Waals surface area contributed by atoms with Crippen LogP contribution in [0, 0.1) is 13.8 Å². The highest BCUT2D eigenvalue weighted by atomic mass is 16.2. The highest BCUT2D eigenvalue weighted by Crippen LogP contribution is 2.33. The van der Waals surface area contributed by atoms with Crippen LogP contribution in [-0.2, 0) is 9.59 Å². The Balaban J connectivity index is 1.84. The van der Waals surface area contributed by atoms with Gasteiger partial charge in [-0.2, -0.15) is 0 Å². The van der Waals surface area contributed by atoms with Gasteiger partial charge >= 0.3 is 0 Å². The zero-order chi connectivity index (χ0) is 18.0. The topological polar surface area (TPSA) is 49.4 Å². The zero-order valence-corrected chi connectivity index (χ0v) is 14.7. The van der Waals surface area contributed by atoms with Crippen molar-refractivity contribution in [3.05, 3.63) is 70.9 Å². The number of rotatable bonds is 3. The first kappa shape index (κ1) is 17.0. The van der Waals surface area contributed by atoms with Gasteiger partial charge in [-0.3, -0.25) is 9.59 Å². The second kappa shape index (κ2) is 6.93. The van der Waals surface area contributed by atoms with Gasteiger partial charge in [0.1, 0.15) is 0 Å². The monoisotopic (exact) mass is 334 g/mol. The third-order valence-corrected chi connectivity index (χ3v) is 4.73. The molecular weight excluding hydrogens is 312 g/mol. The van der Waals surface area contributed by atoms with Gasteiger partial charge in [0.2, 0.25) is 11.8 Å². The van der Waals surface area contributed by atoms with Crippen LogP contribution in [0.3, 0.4) is 0 Å². The number of nitrogens with one attached hydrogen (secondary N) is 1. The standard InChI is InChI=1S/C21H22N2O2/c1-14-7-6-10-19(15(14)2)22-21(25)13-20-18-9-5-4-8-17(18)11-12-23(20)16(3)24/h4-12,20H,13H2,1-3H3,(H,22,25)/t20-/m0/s1. The van der Waals surface area contributed by atoms with Crippen LogP contribution in [0.2, 0.25) is 0 Å². The molecule has 0 radical (unpaired) electrons. The van der Waals surface area contributed by atoms with Crippen molar-refractivity contribution in [2.75, 3.05) is 5.32 Å². The molecule has 0 bridgehead atoms. The van der Waals surface area contributed by atoms with Crippen molar-refractivity contribution >= 4 is 23.6 Å². The van der Waals surface area contributed by atoms with Crippen LogP contribution in [0.15, 0.2) is 48.7 Å². The fourth-order valence-corrected chi connectivity index (χ4v) is 3.18. The van der Waals surface area contributed by atoms with E-state index in [4.69, 9.17) is 0 Å². The van der Waals surface area contributed by atoms with Gasteiger partial charge in [0.15, 0.2) is 0 Å². The third-order valence-electron chi connectivity index (χ3n) is 4.73. The molecule has 1 heterocycles. The maximum absolute atomic E-state index is 12.6. The fourth-order valence-electron chi connectivity index (χ4n) is 3.18. The highest BCUT2D eigenvalue weighted by Gasteiger charge is 2.28. The number of carbonyl (C=O) groups is 2. The number of amides is 2. The number of nitrogens with zero attached hydrogens (tertiary/aromatic N) is 1. The Morgan fingerprint density at radius 1 is 1.08 bits per heavy atom. The van der Waals surface area contributed by atoms with Crippen molar-refractivity contribution in [3.8, 4) is 0 Å². The maximum atomic E-state index is 12.6. The summed E-state index contributed by atoms with van der Waals surface area (Å²) in [5, 5.41) is 2.99. The van der Waals surface area contributed by atoms with Crippen LogP contribution in [0.5, 0.6) is 0 Å². The third kappa shape index (κ3) is 3.48. The van der Waals surface area contributed by atoms with E-state index in [-0.39, 0.29) is 24.3 Å². The molecule has 2 amide bonds. The van der Waals surface area contributed by atoms with Gasteiger partial charge in [0.05, 0.1) is 12.5 Å². The van der Waals surface area contributed by atoms with E-state index in [1.807, 2.05) is 62.4 Å². The lowest BCUT2D eigenvalue weighted by Crippen LogP contribution is -2.33. The van der Waals surface area contributed by atoms with Crippen LogP contribution in [0.4, 0.5) is 5.69 Å². The molecule has 1 aliphatic heterocycles. The molecule has 0 spiro atoms. The van der Waals surface area contributed by atoms with Gasteiger partial charge in [-0.05, 0) is 48.2 Å². The molecule has 25 heavy (non-hydrogen) atoms. The second-order valence-corrected chi connectivity index (χ2v) is 6.39. The molecule has 0 fully saturated rings. The largest absolute Gasteiger partial charge is 0.326 e. The Kier molecular flexibility index (Phi) is 4.70. The summed E-state index contributed by atoms with van der Waals surface area (Å²) in [6.45, 7) is 5.53. The Labute approximate surface area is 148 Å². The first-order valence-corrected chi connectivity index (χ1v) is 8.39. The minimum atomic E-state index is -0.288. The number of hydrogen-bond donors (Lipinski definition) is 1. The first-order valence-electron chi connectivity index (χ1n) is 8.39. The van der Waals surface area contributed by atoms with E-state index in [0.717, 1.165) is 27.9 Å². The minimum Gasteiger partial charge on any atom is -0.326 e. The number of fused-ring (bicyclic) bond motifs is 1. The quantitative estimate of drug-likeness (QED) is 0.914. The van der Waals surface area contributed by atoms with E-state index < -0.39 is 0 Å². The van der Waals surface area contributed by atoms with Gasteiger partial charge in [-0.25, -0.2) is 0 Å². The number of aryl methyl sites for hydroxylation is 1. The summed E-state index contributed by atoms with van der Waals surface area (Å²) in [7, 11) is 0. The van der Waals surface area contributed by atoms with Crippen LogP contribution < -0.4 is 5.32 Å². The second-order valence-electron chi connectivity index (χ2n) is 6.39. The smallest absolute Gasteiger partial charge is 0.226 e. The van der Waals surface area contributed by atoms with Crippen molar-refractivity contribution in [1.29, 1.82) is 0 Å². The summed E-state index contributed by atoms with van der Waals surface area (Å²) in [6, 6.07) is 13.4. The summed E-state index contributed by atoms with van der Waals surface area (Å²) in [5.41, 5.74) is 5.05. The minimum absolute atomic E-state index is 0.0738. The van der Waals surface area contributed by atoms with Crippen molar-refractivity contribution < 1.29 is 9.59 Å². The summed E-state index contributed by atoms with van der Waals surface area (Å²) >= 11 is 0. The Morgan fingerprint density at radius 3 is 2.60 bits per heavy atom. The van der Waals surface area contributed by atoms with Crippen LogP contribution in [0.1, 0.15) is 41.6 Å². The summed E-state index contributed by atoms with van der Waals surface area (Å²) < 4.78 is 0.